The predicted molar refractivity (Wildman–Crippen MR) is 68.6 cm³/mol. The summed E-state index contributed by atoms with van der Waals surface area (Å²) in [7, 11) is 0. The highest BCUT2D eigenvalue weighted by Gasteiger charge is 2.50. The molecule has 2 fully saturated rings. The highest BCUT2D eigenvalue weighted by Crippen LogP contribution is 2.28. The number of hydrogen-bond acceptors (Lipinski definition) is 11. The molecule has 10 atom stereocenters. The fourth-order valence-electron chi connectivity index (χ4n) is 2.57. The summed E-state index contributed by atoms with van der Waals surface area (Å²) in [5.74, 6) is 0. The van der Waals surface area contributed by atoms with Gasteiger partial charge in [-0.25, -0.2) is 0 Å². The molecule has 0 saturated carbocycles. The predicted octanol–water partition coefficient (Wildman–Crippen LogP) is -5.40. The molecule has 4 unspecified atom stereocenters. The van der Waals surface area contributed by atoms with E-state index < -0.39 is 74.6 Å². The minimum absolute atomic E-state index is 0.667. The average molecular weight is 342 g/mol. The zero-order chi connectivity index (χ0) is 17.3. The first-order valence-electron chi connectivity index (χ1n) is 7.08. The van der Waals surface area contributed by atoms with Crippen molar-refractivity contribution in [1.29, 1.82) is 0 Å². The third-order valence-corrected chi connectivity index (χ3v) is 3.98. The Kier molecular flexibility index (Phi) is 6.27. The molecule has 23 heavy (non-hydrogen) atoms. The lowest BCUT2D eigenvalue weighted by atomic mass is 9.97. The lowest BCUT2D eigenvalue weighted by Crippen LogP contribution is -2.64. The van der Waals surface area contributed by atoms with Gasteiger partial charge in [0.25, 0.3) is 0 Å². The molecule has 11 heteroatoms. The van der Waals surface area contributed by atoms with Crippen LogP contribution in [0.4, 0.5) is 0 Å². The van der Waals surface area contributed by atoms with Crippen molar-refractivity contribution < 1.29 is 55.1 Å². The molecule has 2 saturated heterocycles. The van der Waals surface area contributed by atoms with E-state index in [0.717, 1.165) is 0 Å². The molecule has 2 heterocycles. The zero-order valence-electron chi connectivity index (χ0n) is 12.0. The maximum atomic E-state index is 9.94. The second-order valence-corrected chi connectivity index (χ2v) is 5.53. The Morgan fingerprint density at radius 2 is 1.26 bits per heavy atom. The summed E-state index contributed by atoms with van der Waals surface area (Å²) in [6.45, 7) is -1.35. The molecule has 2 aliphatic heterocycles. The Balaban J connectivity index is 2.11. The summed E-state index contributed by atoms with van der Waals surface area (Å²) in [6, 6.07) is 0. The van der Waals surface area contributed by atoms with E-state index in [-0.39, 0.29) is 0 Å². The highest BCUT2D eigenvalue weighted by molar-refractivity contribution is 4.93. The van der Waals surface area contributed by atoms with E-state index in [9.17, 15) is 35.7 Å². The van der Waals surface area contributed by atoms with Crippen LogP contribution in [0.15, 0.2) is 0 Å². The van der Waals surface area contributed by atoms with E-state index in [1.807, 2.05) is 0 Å². The van der Waals surface area contributed by atoms with Gasteiger partial charge in [-0.1, -0.05) is 0 Å². The van der Waals surface area contributed by atoms with Crippen molar-refractivity contribution in [2.24, 2.45) is 0 Å². The van der Waals surface area contributed by atoms with Crippen LogP contribution in [0.25, 0.3) is 0 Å². The van der Waals surface area contributed by atoms with Gasteiger partial charge in [0.1, 0.15) is 48.8 Å². The SMILES string of the molecule is OCC1O[C@@H](O)C(O)[C@@H](O)[C@@H]1O[C@@H]1OC(CO)[C@H](O)[C@H](O)C1O. The van der Waals surface area contributed by atoms with Crippen LogP contribution in [0.1, 0.15) is 0 Å². The van der Waals surface area contributed by atoms with Crippen molar-refractivity contribution in [2.75, 3.05) is 13.2 Å². The van der Waals surface area contributed by atoms with Gasteiger partial charge >= 0.3 is 0 Å². The smallest absolute Gasteiger partial charge is 0.187 e. The monoisotopic (exact) mass is 342 g/mol. The topological polar surface area (TPSA) is 190 Å². The van der Waals surface area contributed by atoms with Crippen LogP contribution in [0.3, 0.4) is 0 Å². The van der Waals surface area contributed by atoms with E-state index >= 15 is 0 Å². The molecule has 0 bridgehead atoms. The Morgan fingerprint density at radius 1 is 0.652 bits per heavy atom. The third kappa shape index (κ3) is 3.65. The standard InChI is InChI=1S/C12H22O11/c13-1-3-5(15)6(16)9(19)12(22-3)23-10-4(2-14)21-11(20)8(18)7(10)17/h3-20H,1-2H2/t3?,4?,5-,6-,7+,8?,9?,10+,11+,12-/m0/s1. The average Bonchev–Trinajstić information content (AvgIpc) is 2.55. The second kappa shape index (κ2) is 7.63. The summed E-state index contributed by atoms with van der Waals surface area (Å²) >= 11 is 0. The second-order valence-electron chi connectivity index (χ2n) is 5.53. The van der Waals surface area contributed by atoms with Crippen LogP contribution >= 0.6 is 0 Å². The van der Waals surface area contributed by atoms with Gasteiger partial charge in [0.2, 0.25) is 0 Å². The van der Waals surface area contributed by atoms with Crippen molar-refractivity contribution >= 4 is 0 Å². The van der Waals surface area contributed by atoms with E-state index in [1.54, 1.807) is 0 Å². The van der Waals surface area contributed by atoms with Crippen molar-refractivity contribution in [1.82, 2.24) is 0 Å². The lowest BCUT2D eigenvalue weighted by molar-refractivity contribution is -0.355. The van der Waals surface area contributed by atoms with Crippen molar-refractivity contribution in [3.05, 3.63) is 0 Å². The Morgan fingerprint density at radius 3 is 1.83 bits per heavy atom. The van der Waals surface area contributed by atoms with Crippen LogP contribution in [-0.4, -0.2) is 115 Å². The number of hydrogen-bond donors (Lipinski definition) is 8. The fourth-order valence-corrected chi connectivity index (χ4v) is 2.57. The first-order chi connectivity index (χ1) is 10.8. The molecule has 0 amide bonds. The first kappa shape index (κ1) is 18.9. The molecule has 0 spiro atoms. The van der Waals surface area contributed by atoms with Gasteiger partial charge in [-0.05, 0) is 0 Å². The molecule has 0 aromatic heterocycles. The molecular formula is C12H22O11. The molecule has 11 nitrogen and oxygen atoms in total. The minimum atomic E-state index is -1.74. The molecule has 136 valence electrons. The van der Waals surface area contributed by atoms with Gasteiger partial charge < -0.3 is 55.1 Å². The largest absolute Gasteiger partial charge is 0.394 e. The van der Waals surface area contributed by atoms with Crippen molar-refractivity contribution in [2.45, 2.75) is 61.4 Å². The first-order valence-corrected chi connectivity index (χ1v) is 7.08. The number of ether oxygens (including phenoxy) is 3. The lowest BCUT2D eigenvalue weighted by Gasteiger charge is -2.45. The summed E-state index contributed by atoms with van der Waals surface area (Å²) in [6.07, 6.45) is -15.6. The van der Waals surface area contributed by atoms with E-state index in [1.165, 1.54) is 0 Å². The maximum absolute atomic E-state index is 9.94. The van der Waals surface area contributed by atoms with Crippen LogP contribution in [0, 0.1) is 0 Å². The van der Waals surface area contributed by atoms with Gasteiger partial charge in [0.15, 0.2) is 12.6 Å². The molecule has 0 aromatic rings. The van der Waals surface area contributed by atoms with Crippen LogP contribution in [0.5, 0.6) is 0 Å². The zero-order valence-corrected chi connectivity index (χ0v) is 12.0. The van der Waals surface area contributed by atoms with Gasteiger partial charge in [0, 0.05) is 0 Å². The van der Waals surface area contributed by atoms with Gasteiger partial charge in [-0.2, -0.15) is 0 Å². The fraction of sp³-hybridized carbons (Fsp3) is 1.00. The number of rotatable bonds is 4. The van der Waals surface area contributed by atoms with Crippen LogP contribution in [0.2, 0.25) is 0 Å². The van der Waals surface area contributed by atoms with Crippen LogP contribution < -0.4 is 0 Å². The van der Waals surface area contributed by atoms with Crippen molar-refractivity contribution in [3.8, 4) is 0 Å². The van der Waals surface area contributed by atoms with E-state index in [4.69, 9.17) is 19.3 Å². The van der Waals surface area contributed by atoms with Gasteiger partial charge in [-0.15, -0.1) is 0 Å². The Hall–Kier alpha value is -0.440. The molecule has 2 aliphatic rings. The summed E-state index contributed by atoms with van der Waals surface area (Å²) in [5, 5.41) is 76.5. The normalized spacial score (nSPS) is 51.7. The quantitative estimate of drug-likeness (QED) is 0.243. The molecular weight excluding hydrogens is 320 g/mol. The van der Waals surface area contributed by atoms with E-state index in [0.29, 0.717) is 0 Å². The van der Waals surface area contributed by atoms with Gasteiger partial charge in [-0.3, -0.25) is 0 Å². The summed E-state index contributed by atoms with van der Waals surface area (Å²) in [5.41, 5.74) is 0. The Labute approximate surface area is 130 Å². The van der Waals surface area contributed by atoms with Crippen molar-refractivity contribution in [3.63, 3.8) is 0 Å². The molecule has 0 aliphatic carbocycles. The molecule has 0 radical (unpaired) electrons. The molecule has 2 rings (SSSR count). The molecule has 8 N–H and O–H groups in total. The van der Waals surface area contributed by atoms with E-state index in [2.05, 4.69) is 0 Å². The van der Waals surface area contributed by atoms with Gasteiger partial charge in [0.05, 0.1) is 13.2 Å². The highest BCUT2D eigenvalue weighted by atomic mass is 16.7. The molecule has 0 aromatic carbocycles. The maximum Gasteiger partial charge on any atom is 0.187 e. The number of aliphatic hydroxyl groups excluding tert-OH is 8. The summed E-state index contributed by atoms with van der Waals surface area (Å²) in [4.78, 5) is 0. The van der Waals surface area contributed by atoms with Crippen LogP contribution in [-0.2, 0) is 14.2 Å². The number of aliphatic hydroxyl groups is 8. The third-order valence-electron chi connectivity index (χ3n) is 3.98. The minimum Gasteiger partial charge on any atom is -0.394 e. The Bertz CT molecular complexity index is 378. The summed E-state index contributed by atoms with van der Waals surface area (Å²) < 4.78 is 15.3.